The smallest absolute Gasteiger partial charge is 0.0656 e. The van der Waals surface area contributed by atoms with Gasteiger partial charge in [-0.1, -0.05) is 94.1 Å². The minimum Gasteiger partial charge on any atom is -0.0656 e. The van der Waals surface area contributed by atoms with Gasteiger partial charge in [0.2, 0.25) is 0 Å². The average molecular weight is 297 g/mol. The van der Waals surface area contributed by atoms with Crippen molar-refractivity contribution in [3.8, 4) is 0 Å². The van der Waals surface area contributed by atoms with E-state index >= 15 is 0 Å². The van der Waals surface area contributed by atoms with Gasteiger partial charge in [0.25, 0.3) is 0 Å². The van der Waals surface area contributed by atoms with E-state index in [0.29, 0.717) is 0 Å². The highest BCUT2D eigenvalue weighted by atomic mass is 28.3. The lowest BCUT2D eigenvalue weighted by Gasteiger charge is -2.22. The van der Waals surface area contributed by atoms with Gasteiger partial charge in [-0.3, -0.25) is 0 Å². The predicted molar refractivity (Wildman–Crippen MR) is 97.4 cm³/mol. The van der Waals surface area contributed by atoms with Crippen LogP contribution in [0.5, 0.6) is 0 Å². The fourth-order valence-corrected chi connectivity index (χ4v) is 4.48. The highest BCUT2D eigenvalue weighted by molar-refractivity contribution is 6.89. The van der Waals surface area contributed by atoms with E-state index in [9.17, 15) is 0 Å². The number of rotatable bonds is 3. The monoisotopic (exact) mass is 296 g/mol. The highest BCUT2D eigenvalue weighted by Gasteiger charge is 2.19. The summed E-state index contributed by atoms with van der Waals surface area (Å²) in [5.74, 6) is 0. The molecule has 0 radical (unpaired) electrons. The second-order valence-corrected chi connectivity index (χ2v) is 13.1. The molecule has 0 nitrogen and oxygen atoms in total. The Kier molecular flexibility index (Phi) is 4.43. The lowest BCUT2D eigenvalue weighted by Crippen LogP contribution is -2.40. The molecular weight excluding hydrogens is 268 g/mol. The summed E-state index contributed by atoms with van der Waals surface area (Å²) in [6, 6.07) is 18.1. The van der Waals surface area contributed by atoms with Crippen LogP contribution >= 0.6 is 0 Å². The van der Waals surface area contributed by atoms with Crippen molar-refractivity contribution in [2.24, 2.45) is 0 Å². The molecule has 112 valence electrons. The predicted octanol–water partition coefficient (Wildman–Crippen LogP) is 5.12. The van der Waals surface area contributed by atoms with Crippen LogP contribution in [-0.4, -0.2) is 8.07 Å². The average Bonchev–Trinajstić information content (AvgIpc) is 2.37. The van der Waals surface area contributed by atoms with Crippen LogP contribution in [0.25, 0.3) is 0 Å². The molecule has 0 atom stereocenters. The lowest BCUT2D eigenvalue weighted by atomic mass is 9.86. The quantitative estimate of drug-likeness (QED) is 0.690. The SMILES string of the molecule is CC(C)(C)c1ccc(Cc2ccccc2[Si](C)(C)C)cc1. The van der Waals surface area contributed by atoms with E-state index in [1.165, 1.54) is 16.7 Å². The Balaban J connectivity index is 2.27. The van der Waals surface area contributed by atoms with Gasteiger partial charge in [0.05, 0.1) is 8.07 Å². The van der Waals surface area contributed by atoms with Gasteiger partial charge >= 0.3 is 0 Å². The molecule has 0 aliphatic rings. The molecule has 0 amide bonds. The summed E-state index contributed by atoms with van der Waals surface area (Å²) >= 11 is 0. The normalized spacial score (nSPS) is 12.5. The minimum atomic E-state index is -1.27. The van der Waals surface area contributed by atoms with Crippen LogP contribution in [0.1, 0.15) is 37.5 Å². The van der Waals surface area contributed by atoms with E-state index in [1.807, 2.05) is 0 Å². The van der Waals surface area contributed by atoms with E-state index in [-0.39, 0.29) is 5.41 Å². The van der Waals surface area contributed by atoms with Crippen molar-refractivity contribution in [1.82, 2.24) is 0 Å². The number of hydrogen-bond acceptors (Lipinski definition) is 0. The van der Waals surface area contributed by atoms with Crippen molar-refractivity contribution in [2.75, 3.05) is 0 Å². The maximum absolute atomic E-state index is 2.43. The van der Waals surface area contributed by atoms with Gasteiger partial charge < -0.3 is 0 Å². The third-order valence-corrected chi connectivity index (χ3v) is 6.14. The first-order valence-corrected chi connectivity index (χ1v) is 11.4. The molecule has 0 N–H and O–H groups in total. The van der Waals surface area contributed by atoms with E-state index in [0.717, 1.165) is 6.42 Å². The van der Waals surface area contributed by atoms with Crippen molar-refractivity contribution < 1.29 is 0 Å². The number of hydrogen-bond donors (Lipinski definition) is 0. The van der Waals surface area contributed by atoms with Gasteiger partial charge in [-0.15, -0.1) is 0 Å². The molecular formula is C20H28Si. The summed E-state index contributed by atoms with van der Waals surface area (Å²) in [4.78, 5) is 0. The zero-order valence-corrected chi connectivity index (χ0v) is 15.3. The Hall–Kier alpha value is -1.34. The summed E-state index contributed by atoms with van der Waals surface area (Å²) in [6.07, 6.45) is 1.05. The molecule has 0 unspecified atom stereocenters. The van der Waals surface area contributed by atoms with Crippen molar-refractivity contribution in [2.45, 2.75) is 52.2 Å². The maximum Gasteiger partial charge on any atom is 0.0779 e. The van der Waals surface area contributed by atoms with Crippen LogP contribution < -0.4 is 5.19 Å². The number of benzene rings is 2. The third kappa shape index (κ3) is 4.07. The van der Waals surface area contributed by atoms with Crippen LogP contribution in [-0.2, 0) is 11.8 Å². The van der Waals surface area contributed by atoms with Crippen molar-refractivity contribution in [3.05, 3.63) is 65.2 Å². The summed E-state index contributed by atoms with van der Waals surface area (Å²) in [5.41, 5.74) is 4.55. The van der Waals surface area contributed by atoms with Gasteiger partial charge in [-0.05, 0) is 28.5 Å². The maximum atomic E-state index is 2.43. The van der Waals surface area contributed by atoms with Crippen LogP contribution in [0.15, 0.2) is 48.5 Å². The first kappa shape index (κ1) is 16.0. The summed E-state index contributed by atoms with van der Waals surface area (Å²) in [5, 5.41) is 1.59. The van der Waals surface area contributed by atoms with Gasteiger partial charge in [-0.25, -0.2) is 0 Å². The zero-order chi connectivity index (χ0) is 15.7. The lowest BCUT2D eigenvalue weighted by molar-refractivity contribution is 0.590. The molecule has 0 spiro atoms. The largest absolute Gasteiger partial charge is 0.0779 e. The Bertz CT molecular complexity index is 595. The first-order valence-electron chi connectivity index (χ1n) is 7.86. The molecule has 0 aliphatic heterocycles. The van der Waals surface area contributed by atoms with Crippen LogP contribution in [0.3, 0.4) is 0 Å². The van der Waals surface area contributed by atoms with Crippen molar-refractivity contribution in [1.29, 1.82) is 0 Å². The third-order valence-electron chi connectivity index (χ3n) is 4.04. The topological polar surface area (TPSA) is 0 Å². The Labute approximate surface area is 131 Å². The molecule has 2 aromatic rings. The van der Waals surface area contributed by atoms with E-state index < -0.39 is 8.07 Å². The molecule has 0 heterocycles. The molecule has 0 aliphatic carbocycles. The van der Waals surface area contributed by atoms with Crippen LogP contribution in [0, 0.1) is 0 Å². The van der Waals surface area contributed by atoms with Crippen LogP contribution in [0.2, 0.25) is 19.6 Å². The fraction of sp³-hybridized carbons (Fsp3) is 0.400. The Morgan fingerprint density at radius 2 is 1.38 bits per heavy atom. The second-order valence-electron chi connectivity index (χ2n) is 8.03. The van der Waals surface area contributed by atoms with Gasteiger partial charge in [0.15, 0.2) is 0 Å². The zero-order valence-electron chi connectivity index (χ0n) is 14.3. The molecule has 0 bridgehead atoms. The van der Waals surface area contributed by atoms with Crippen molar-refractivity contribution in [3.63, 3.8) is 0 Å². The molecule has 1 heteroatoms. The fourth-order valence-electron chi connectivity index (χ4n) is 2.75. The Morgan fingerprint density at radius 3 is 1.90 bits per heavy atom. The molecule has 2 rings (SSSR count). The summed E-state index contributed by atoms with van der Waals surface area (Å²) in [6.45, 7) is 14.1. The Morgan fingerprint density at radius 1 is 0.810 bits per heavy atom. The van der Waals surface area contributed by atoms with Gasteiger partial charge in [0.1, 0.15) is 0 Å². The molecule has 0 fully saturated rings. The summed E-state index contributed by atoms with van der Waals surface area (Å²) in [7, 11) is -1.27. The summed E-state index contributed by atoms with van der Waals surface area (Å²) < 4.78 is 0. The second kappa shape index (κ2) is 5.80. The molecule has 0 aromatic heterocycles. The van der Waals surface area contributed by atoms with Crippen LogP contribution in [0.4, 0.5) is 0 Å². The van der Waals surface area contributed by atoms with Crippen molar-refractivity contribution >= 4 is 13.3 Å². The molecule has 2 aromatic carbocycles. The standard InChI is InChI=1S/C20H28Si/c1-20(2,3)18-13-11-16(12-14-18)15-17-9-7-8-10-19(17)21(4,5)6/h7-14H,15H2,1-6H3. The molecule has 21 heavy (non-hydrogen) atoms. The van der Waals surface area contributed by atoms with E-state index in [4.69, 9.17) is 0 Å². The molecule has 0 saturated carbocycles. The first-order chi connectivity index (χ1) is 9.68. The van der Waals surface area contributed by atoms with E-state index in [1.54, 1.807) is 5.19 Å². The van der Waals surface area contributed by atoms with Gasteiger partial charge in [0, 0.05) is 0 Å². The van der Waals surface area contributed by atoms with Gasteiger partial charge in [-0.2, -0.15) is 0 Å². The highest BCUT2D eigenvalue weighted by Crippen LogP contribution is 2.23. The minimum absolute atomic E-state index is 0.231. The van der Waals surface area contributed by atoms with E-state index in [2.05, 4.69) is 88.9 Å². The molecule has 0 saturated heterocycles.